The summed E-state index contributed by atoms with van der Waals surface area (Å²) in [4.78, 5) is 16.7. The lowest BCUT2D eigenvalue weighted by Crippen LogP contribution is -2.48. The second-order valence-corrected chi connectivity index (χ2v) is 6.66. The van der Waals surface area contributed by atoms with E-state index in [0.29, 0.717) is 5.91 Å². The van der Waals surface area contributed by atoms with Gasteiger partial charge in [-0.15, -0.1) is 0 Å². The van der Waals surface area contributed by atoms with E-state index in [0.717, 1.165) is 45.6 Å². The van der Waals surface area contributed by atoms with Gasteiger partial charge in [-0.2, -0.15) is 0 Å². The third-order valence-corrected chi connectivity index (χ3v) is 4.69. The molecule has 2 rings (SSSR count). The number of carbonyl (C=O) groups is 1. The summed E-state index contributed by atoms with van der Waals surface area (Å²) in [7, 11) is 0. The van der Waals surface area contributed by atoms with Crippen molar-refractivity contribution in [2.45, 2.75) is 45.4 Å². The quantitative estimate of drug-likeness (QED) is 0.634. The highest BCUT2D eigenvalue weighted by molar-refractivity contribution is 5.76. The zero-order valence-electron chi connectivity index (χ0n) is 15.1. The van der Waals surface area contributed by atoms with Crippen LogP contribution in [0.15, 0.2) is 36.4 Å². The van der Waals surface area contributed by atoms with Crippen LogP contribution in [0.1, 0.15) is 51.0 Å². The van der Waals surface area contributed by atoms with E-state index in [1.807, 2.05) is 6.07 Å². The molecule has 1 aliphatic rings. The van der Waals surface area contributed by atoms with Crippen molar-refractivity contribution in [3.63, 3.8) is 0 Å². The van der Waals surface area contributed by atoms with Gasteiger partial charge >= 0.3 is 0 Å². The molecule has 0 N–H and O–H groups in total. The maximum absolute atomic E-state index is 12.2. The van der Waals surface area contributed by atoms with Gasteiger partial charge in [0.2, 0.25) is 5.91 Å². The molecule has 1 fully saturated rings. The molecule has 1 aromatic rings. The summed E-state index contributed by atoms with van der Waals surface area (Å²) in [5, 5.41) is 0. The fourth-order valence-corrected chi connectivity index (χ4v) is 3.12. The molecule has 0 aliphatic carbocycles. The van der Waals surface area contributed by atoms with Crippen LogP contribution in [0.4, 0.5) is 0 Å². The average Bonchev–Trinajstić information content (AvgIpc) is 2.63. The lowest BCUT2D eigenvalue weighted by molar-refractivity contribution is -0.133. The second kappa shape index (κ2) is 11.0. The van der Waals surface area contributed by atoms with Crippen molar-refractivity contribution in [3.05, 3.63) is 42.0 Å². The summed E-state index contributed by atoms with van der Waals surface area (Å²) in [6.45, 7) is 6.93. The smallest absolute Gasteiger partial charge is 0.222 e. The molecule has 0 saturated carbocycles. The van der Waals surface area contributed by atoms with Gasteiger partial charge in [0.1, 0.15) is 0 Å². The summed E-state index contributed by atoms with van der Waals surface area (Å²) in [6, 6.07) is 10.4. The normalized spacial score (nSPS) is 16.0. The lowest BCUT2D eigenvalue weighted by atomic mass is 10.1. The predicted octanol–water partition coefficient (Wildman–Crippen LogP) is 4.20. The minimum atomic E-state index is 0.353. The Labute approximate surface area is 147 Å². The molecular weight excluding hydrogens is 296 g/mol. The topological polar surface area (TPSA) is 23.6 Å². The number of nitrogens with zero attached hydrogens (tertiary/aromatic N) is 2. The van der Waals surface area contributed by atoms with E-state index in [9.17, 15) is 4.79 Å². The Morgan fingerprint density at radius 3 is 2.42 bits per heavy atom. The van der Waals surface area contributed by atoms with Crippen LogP contribution in [0, 0.1) is 0 Å². The van der Waals surface area contributed by atoms with Gasteiger partial charge in [-0.05, 0) is 12.0 Å². The van der Waals surface area contributed by atoms with E-state index in [1.54, 1.807) is 0 Å². The molecule has 0 bridgehead atoms. The third kappa shape index (κ3) is 6.88. The van der Waals surface area contributed by atoms with Crippen LogP contribution in [0.3, 0.4) is 0 Å². The number of unbranched alkanes of at least 4 members (excludes halogenated alkanes) is 4. The van der Waals surface area contributed by atoms with Crippen LogP contribution >= 0.6 is 0 Å². The summed E-state index contributed by atoms with van der Waals surface area (Å²) in [5.74, 6) is 0.353. The maximum atomic E-state index is 12.2. The minimum absolute atomic E-state index is 0.353. The summed E-state index contributed by atoms with van der Waals surface area (Å²) in [6.07, 6.45) is 11.2. The van der Waals surface area contributed by atoms with Crippen molar-refractivity contribution in [3.8, 4) is 0 Å². The van der Waals surface area contributed by atoms with Crippen molar-refractivity contribution in [1.82, 2.24) is 9.80 Å². The van der Waals surface area contributed by atoms with Crippen molar-refractivity contribution in [2.75, 3.05) is 32.7 Å². The maximum Gasteiger partial charge on any atom is 0.222 e. The van der Waals surface area contributed by atoms with Crippen molar-refractivity contribution < 1.29 is 4.79 Å². The average molecular weight is 329 g/mol. The van der Waals surface area contributed by atoms with Gasteiger partial charge in [0, 0.05) is 39.1 Å². The summed E-state index contributed by atoms with van der Waals surface area (Å²) in [5.41, 5.74) is 1.24. The largest absolute Gasteiger partial charge is 0.340 e. The lowest BCUT2D eigenvalue weighted by Gasteiger charge is -2.34. The molecule has 0 atom stereocenters. The number of benzene rings is 1. The van der Waals surface area contributed by atoms with Crippen LogP contribution in [0.2, 0.25) is 0 Å². The highest BCUT2D eigenvalue weighted by Crippen LogP contribution is 2.09. The number of amides is 1. The van der Waals surface area contributed by atoms with Crippen LogP contribution in [-0.4, -0.2) is 48.4 Å². The van der Waals surface area contributed by atoms with Crippen LogP contribution < -0.4 is 0 Å². The van der Waals surface area contributed by atoms with E-state index >= 15 is 0 Å². The SMILES string of the molecule is CCCCCCCC(=O)N1CCN(CC=Cc2ccccc2)CC1. The highest BCUT2D eigenvalue weighted by Gasteiger charge is 2.19. The van der Waals surface area contributed by atoms with Crippen LogP contribution in [0.25, 0.3) is 6.08 Å². The molecular formula is C21H32N2O. The molecule has 3 nitrogen and oxygen atoms in total. The molecule has 0 unspecified atom stereocenters. The zero-order valence-corrected chi connectivity index (χ0v) is 15.1. The zero-order chi connectivity index (χ0) is 17.0. The minimum Gasteiger partial charge on any atom is -0.340 e. The van der Waals surface area contributed by atoms with Gasteiger partial charge in [-0.3, -0.25) is 9.69 Å². The molecule has 24 heavy (non-hydrogen) atoms. The molecule has 1 saturated heterocycles. The molecule has 1 aliphatic heterocycles. The number of rotatable bonds is 9. The molecule has 0 spiro atoms. The number of carbonyl (C=O) groups excluding carboxylic acids is 1. The fraction of sp³-hybridized carbons (Fsp3) is 0.571. The molecule has 1 aromatic carbocycles. The fourth-order valence-electron chi connectivity index (χ4n) is 3.12. The molecule has 132 valence electrons. The van der Waals surface area contributed by atoms with Crippen LogP contribution in [-0.2, 0) is 4.79 Å². The van der Waals surface area contributed by atoms with E-state index in [2.05, 4.69) is 53.1 Å². The van der Waals surface area contributed by atoms with Gasteiger partial charge < -0.3 is 4.90 Å². The van der Waals surface area contributed by atoms with Gasteiger partial charge in [0.25, 0.3) is 0 Å². The van der Waals surface area contributed by atoms with Crippen molar-refractivity contribution in [1.29, 1.82) is 0 Å². The molecule has 1 amide bonds. The van der Waals surface area contributed by atoms with Gasteiger partial charge in [0.15, 0.2) is 0 Å². The first-order valence-corrected chi connectivity index (χ1v) is 9.51. The Hall–Kier alpha value is -1.61. The number of hydrogen-bond acceptors (Lipinski definition) is 2. The first-order chi connectivity index (χ1) is 11.8. The van der Waals surface area contributed by atoms with Gasteiger partial charge in [-0.1, -0.05) is 75.1 Å². The standard InChI is InChI=1S/C21H32N2O/c1-2-3-4-5-9-14-21(24)23-18-16-22(17-19-23)15-10-13-20-11-7-6-8-12-20/h6-8,10-13H,2-5,9,14-19H2,1H3. The van der Waals surface area contributed by atoms with Gasteiger partial charge in [-0.25, -0.2) is 0 Å². The van der Waals surface area contributed by atoms with E-state index in [4.69, 9.17) is 0 Å². The molecule has 3 heteroatoms. The molecule has 0 radical (unpaired) electrons. The Balaban J connectivity index is 1.60. The third-order valence-electron chi connectivity index (χ3n) is 4.69. The van der Waals surface area contributed by atoms with Crippen molar-refractivity contribution >= 4 is 12.0 Å². The molecule has 1 heterocycles. The predicted molar refractivity (Wildman–Crippen MR) is 102 cm³/mol. The number of hydrogen-bond donors (Lipinski definition) is 0. The Morgan fingerprint density at radius 1 is 1.00 bits per heavy atom. The Kier molecular flexibility index (Phi) is 8.61. The molecule has 0 aromatic heterocycles. The van der Waals surface area contributed by atoms with E-state index in [1.165, 1.54) is 31.2 Å². The first kappa shape index (κ1) is 18.7. The summed E-state index contributed by atoms with van der Waals surface area (Å²) < 4.78 is 0. The Bertz CT molecular complexity index is 490. The monoisotopic (exact) mass is 328 g/mol. The Morgan fingerprint density at radius 2 is 1.71 bits per heavy atom. The van der Waals surface area contributed by atoms with Gasteiger partial charge in [0.05, 0.1) is 0 Å². The van der Waals surface area contributed by atoms with E-state index < -0.39 is 0 Å². The van der Waals surface area contributed by atoms with Crippen molar-refractivity contribution in [2.24, 2.45) is 0 Å². The highest BCUT2D eigenvalue weighted by atomic mass is 16.2. The first-order valence-electron chi connectivity index (χ1n) is 9.51. The van der Waals surface area contributed by atoms with E-state index in [-0.39, 0.29) is 0 Å². The van der Waals surface area contributed by atoms with Crippen LogP contribution in [0.5, 0.6) is 0 Å². The second-order valence-electron chi connectivity index (χ2n) is 6.66. The number of piperazine rings is 1. The summed E-state index contributed by atoms with van der Waals surface area (Å²) >= 11 is 0.